The molecule has 6 N–H and O–H groups in total. The second-order valence-corrected chi connectivity index (χ2v) is 27.7. The molecule has 4 amide bonds. The van der Waals surface area contributed by atoms with Crippen molar-refractivity contribution >= 4 is 181 Å². The van der Waals surface area contributed by atoms with Crippen molar-refractivity contribution in [1.82, 2.24) is 20.6 Å². The summed E-state index contributed by atoms with van der Waals surface area (Å²) >= 11 is 5.91. The Morgan fingerprint density at radius 2 is 0.963 bits per heavy atom. The number of fused-ring (bicyclic) bond motifs is 2. The van der Waals surface area contributed by atoms with Gasteiger partial charge in [-0.25, -0.2) is 24.2 Å². The zero-order valence-corrected chi connectivity index (χ0v) is 75.0. The first-order chi connectivity index (χ1) is 50.6. The van der Waals surface area contributed by atoms with E-state index >= 15 is 0 Å². The molecule has 0 spiro atoms. The van der Waals surface area contributed by atoms with Crippen LogP contribution in [0.4, 0.5) is 21.2 Å². The van der Waals surface area contributed by atoms with Gasteiger partial charge in [-0.1, -0.05) is 102 Å². The van der Waals surface area contributed by atoms with Gasteiger partial charge in [0.1, 0.15) is 34.3 Å². The molecule has 32 heteroatoms. The molecule has 0 aliphatic heterocycles. The molecule has 568 valence electrons. The van der Waals surface area contributed by atoms with Gasteiger partial charge in [-0.2, -0.15) is 0 Å². The molecule has 2 heterocycles. The van der Waals surface area contributed by atoms with Gasteiger partial charge in [-0.15, -0.1) is 0 Å². The molecule has 1 unspecified atom stereocenters. The number of aromatic nitrogens is 2. The number of methoxy groups -OCH3 is 2. The summed E-state index contributed by atoms with van der Waals surface area (Å²) in [6.45, 7) is 14.6. The summed E-state index contributed by atoms with van der Waals surface area (Å²) in [6, 6.07) is 43.4. The predicted octanol–water partition coefficient (Wildman–Crippen LogP) is 7.36. The van der Waals surface area contributed by atoms with Gasteiger partial charge < -0.3 is 60.0 Å². The van der Waals surface area contributed by atoms with E-state index in [4.69, 9.17) is 43.7 Å². The van der Waals surface area contributed by atoms with Crippen molar-refractivity contribution in [1.29, 1.82) is 0 Å². The molecular formula is C77H92BBrK3N6O20P. The summed E-state index contributed by atoms with van der Waals surface area (Å²) in [6.07, 6.45) is 3.15. The van der Waals surface area contributed by atoms with Gasteiger partial charge in [0.05, 0.1) is 40.2 Å². The van der Waals surface area contributed by atoms with E-state index in [0.29, 0.717) is 29.9 Å². The van der Waals surface area contributed by atoms with E-state index in [0.717, 1.165) is 59.4 Å². The number of ketones is 2. The van der Waals surface area contributed by atoms with Gasteiger partial charge in [0.15, 0.2) is 11.6 Å². The number of halogens is 1. The van der Waals surface area contributed by atoms with Crippen molar-refractivity contribution in [2.45, 2.75) is 137 Å². The maximum atomic E-state index is 13.1. The number of hydrogen-bond donors (Lipinski definition) is 6. The van der Waals surface area contributed by atoms with Crippen molar-refractivity contribution < 1.29 is 148 Å². The van der Waals surface area contributed by atoms with Crippen molar-refractivity contribution in [2.24, 2.45) is 0 Å². The van der Waals surface area contributed by atoms with Gasteiger partial charge >= 0.3 is 154 Å². The van der Waals surface area contributed by atoms with Crippen LogP contribution in [0.15, 0.2) is 162 Å². The maximum absolute atomic E-state index is 13.1. The quantitative estimate of drug-likeness (QED) is 0.00731. The average Bonchev–Trinajstić information content (AvgIpc) is 0.798. The summed E-state index contributed by atoms with van der Waals surface area (Å²) in [7, 11) is -1.99. The molecule has 0 saturated carbocycles. The second-order valence-electron chi connectivity index (χ2n) is 26.2. The number of anilines is 2. The molecule has 8 rings (SSSR count). The standard InChI is InChI=1S/C38H43N3O7.C28H36BrN3O6.C10H9BO3.CH4.3K.HO4P/c1-25-15-16-39-34(18-25)41(37(46)48-38(2,3)4)17-7-10-35(44)40-24-33(43)22-31(23-36(45)47-5)27-9-6-8-26(19-27)28-11-12-30-21-32(42)14-13-29(30)20-28;1-19-11-12-30-24(14-19)32(27(36)38-28(2,3)4)13-7-10-25(34)31-18-23(33)16-21(17-26(35)37-5)20-8-6-9-22(29)15-20;12-10-4-2-7-5-9(11(13)14)3-1-8(7)6-10;;;;;1-4-5(2)3/h6,8-9,11-16,18-21,31,42H,7,10,17,22-24H2,1-5H3,(H,40,44);6,8-9,11-12,14-15,21H,7,10,13,16-18H2,1-5H3,(H,31,34);1-6,12-14H;1H4;;;;1H/q;;;;;;+1;/p-1/t31-;21-;;;;;;/m00....../s1. The van der Waals surface area contributed by atoms with Gasteiger partial charge in [0.2, 0.25) is 11.8 Å². The van der Waals surface area contributed by atoms with Crippen LogP contribution in [0.3, 0.4) is 0 Å². The van der Waals surface area contributed by atoms with E-state index in [1.807, 2.05) is 98.8 Å². The number of rotatable bonds is 27. The fourth-order valence-electron chi connectivity index (χ4n) is 10.4. The monoisotopic (exact) mass is 1660 g/mol. The topological polar surface area (TPSA) is 383 Å². The number of Topliss-reactive ketones (excluding diaryl/α,β-unsaturated/α-hetero) is 2. The molecular weight excluding hydrogens is 1570 g/mol. The fraction of sp³-hybridized carbons (Fsp3) is 0.351. The number of esters is 2. The first-order valence-electron chi connectivity index (χ1n) is 34.3. The Morgan fingerprint density at radius 1 is 0.569 bits per heavy atom. The number of hydrogen-bond acceptors (Lipinski definition) is 22. The predicted molar refractivity (Wildman–Crippen MR) is 415 cm³/mol. The molecule has 2 aromatic heterocycles. The third kappa shape index (κ3) is 38.5. The number of nitrogens with zero attached hydrogens (tertiary/aromatic N) is 4. The van der Waals surface area contributed by atoms with Crippen LogP contribution in [-0.2, 0) is 57.0 Å². The second kappa shape index (κ2) is 51.6. The first-order valence-corrected chi connectivity index (χ1v) is 52.2. The van der Waals surface area contributed by atoms with Crippen LogP contribution < -0.4 is 87.4 Å². The Labute approximate surface area is 733 Å². The summed E-state index contributed by atoms with van der Waals surface area (Å²) in [5.74, 6) is -1.47. The van der Waals surface area contributed by atoms with Crippen molar-refractivity contribution in [3.8, 4) is 22.6 Å². The number of carbonyl (C=O) groups excluding carboxylic acids is 8. The Hall–Kier alpha value is -5.15. The molecule has 6 aromatic carbocycles. The molecule has 0 saturated heterocycles. The average molecular weight is 1660 g/mol. The van der Waals surface area contributed by atoms with Gasteiger partial charge in [0, 0.05) is 67.5 Å². The first kappa shape index (κ1) is 99.9. The molecule has 3 atom stereocenters. The van der Waals surface area contributed by atoms with Crippen LogP contribution in [-0.4, -0.2) is 200 Å². The number of pyridine rings is 2. The number of phenols is 2. The van der Waals surface area contributed by atoms with Crippen LogP contribution in [0.25, 0.3) is 32.7 Å². The molecule has 0 bridgehead atoms. The van der Waals surface area contributed by atoms with Gasteiger partial charge in [-0.05, 0) is 200 Å². The number of benzene rings is 6. The van der Waals surface area contributed by atoms with E-state index in [9.17, 15) is 48.6 Å². The molecule has 0 radical (unpaired) electrons. The number of nitrogens with one attached hydrogen (secondary N) is 2. The summed E-state index contributed by atoms with van der Waals surface area (Å²) in [5, 5.41) is 54.4. The third-order valence-electron chi connectivity index (χ3n) is 15.4. The summed E-state index contributed by atoms with van der Waals surface area (Å²) in [4.78, 5) is 121. The van der Waals surface area contributed by atoms with Crippen molar-refractivity contribution in [2.75, 3.05) is 50.2 Å². The third-order valence-corrected chi connectivity index (χ3v) is 16.0. The molecule has 109 heavy (non-hydrogen) atoms. The summed E-state index contributed by atoms with van der Waals surface area (Å²) in [5.41, 5.74) is 4.43. The Balaban J connectivity index is 0.000000583. The SMILES string of the molecule is C.COC(=O)C[C@H](CC(=O)CNC(=O)CCCN(C(=O)OC(C)(C)C)c1cc(C)ccn1)c1cccc(-c2ccc3cc(O)ccc3c2)c1.COC(=O)C[C@H](CC(=O)CNC(=O)CCCN(C(=O)OC(C)(C)C)c1cc(C)ccn1)c1cccc(Br)c1.O=[P+]([O-])O[O-].OB(O)c1ccc2cc(O)ccc2c1.[K+].[K][K]. The van der Waals surface area contributed by atoms with Crippen LogP contribution in [0, 0.1) is 13.8 Å². The van der Waals surface area contributed by atoms with Crippen LogP contribution >= 0.6 is 24.2 Å². The Bertz CT molecular complexity index is 4320. The van der Waals surface area contributed by atoms with Gasteiger partial charge in [0.25, 0.3) is 0 Å². The zero-order valence-electron chi connectivity index (χ0n) is 63.2. The Morgan fingerprint density at radius 3 is 1.37 bits per heavy atom. The summed E-state index contributed by atoms with van der Waals surface area (Å²) < 4.78 is 32.9. The van der Waals surface area contributed by atoms with Crippen molar-refractivity contribution in [3.63, 3.8) is 0 Å². The number of ether oxygens (including phenoxy) is 4. The van der Waals surface area contributed by atoms with E-state index < -0.39 is 56.6 Å². The van der Waals surface area contributed by atoms with Crippen LogP contribution in [0.1, 0.15) is 134 Å². The number of aryl methyl sites for hydroxylation is 2. The van der Waals surface area contributed by atoms with Crippen LogP contribution in [0.2, 0.25) is 0 Å². The molecule has 0 aliphatic carbocycles. The minimum atomic E-state index is -3.15. The Kier molecular flexibility index (Phi) is 47.3. The number of amides is 4. The number of carbonyl (C=O) groups is 8. The fourth-order valence-corrected chi connectivity index (χ4v) is 10.8. The number of phenolic OH excluding ortho intramolecular Hbond substituents is 2. The van der Waals surface area contributed by atoms with E-state index in [1.165, 1.54) is 87.2 Å². The minimum absolute atomic E-state index is 0. The normalized spacial score (nSPS) is 11.3. The van der Waals surface area contributed by atoms with E-state index in [-0.39, 0.29) is 164 Å². The van der Waals surface area contributed by atoms with E-state index in [1.54, 1.807) is 115 Å². The number of aromatic hydroxyl groups is 2. The van der Waals surface area contributed by atoms with Gasteiger partial charge in [-0.3, -0.25) is 38.6 Å². The van der Waals surface area contributed by atoms with Crippen molar-refractivity contribution in [3.05, 3.63) is 185 Å². The molecule has 26 nitrogen and oxygen atoms in total. The zero-order chi connectivity index (χ0) is 79.6. The molecule has 0 fully saturated rings. The molecule has 8 aromatic rings. The van der Waals surface area contributed by atoms with Crippen LogP contribution in [0.5, 0.6) is 11.5 Å². The van der Waals surface area contributed by atoms with E-state index in [2.05, 4.69) is 41.2 Å². The molecule has 0 aliphatic rings.